The van der Waals surface area contributed by atoms with Gasteiger partial charge in [0.15, 0.2) is 0 Å². The molecule has 0 N–H and O–H groups in total. The second-order valence-electron chi connectivity index (χ2n) is 5.04. The predicted octanol–water partition coefficient (Wildman–Crippen LogP) is 4.42. The van der Waals surface area contributed by atoms with Gasteiger partial charge in [0.1, 0.15) is 0 Å². The molecule has 0 nitrogen and oxygen atoms in total. The number of benzene rings is 3. The molecular formula is C19H11B. The lowest BCUT2D eigenvalue weighted by Crippen LogP contribution is -1.83. The van der Waals surface area contributed by atoms with Crippen LogP contribution in [0.3, 0.4) is 0 Å². The van der Waals surface area contributed by atoms with E-state index in [0.717, 1.165) is 10.9 Å². The minimum Gasteiger partial charge on any atom is -0.0668 e. The van der Waals surface area contributed by atoms with E-state index in [0.29, 0.717) is 6.32 Å². The van der Waals surface area contributed by atoms with Gasteiger partial charge in [-0.15, -0.1) is 0 Å². The van der Waals surface area contributed by atoms with Crippen LogP contribution in [0.1, 0.15) is 5.56 Å². The van der Waals surface area contributed by atoms with Crippen LogP contribution in [0, 0.1) is 12.1 Å². The van der Waals surface area contributed by atoms with Gasteiger partial charge in [0, 0.05) is 5.39 Å². The molecule has 4 aromatic carbocycles. The van der Waals surface area contributed by atoms with Crippen LogP contribution >= 0.6 is 0 Å². The van der Waals surface area contributed by atoms with Crippen molar-refractivity contribution in [2.45, 2.75) is 6.32 Å². The number of rotatable bonds is 1. The highest BCUT2D eigenvalue weighted by Crippen LogP contribution is 2.30. The maximum Gasteiger partial charge on any atom is 0.0725 e. The van der Waals surface area contributed by atoms with Gasteiger partial charge >= 0.3 is 0 Å². The van der Waals surface area contributed by atoms with E-state index < -0.39 is 0 Å². The van der Waals surface area contributed by atoms with Crippen LogP contribution < -0.4 is 0 Å². The third-order valence-corrected chi connectivity index (χ3v) is 3.86. The monoisotopic (exact) mass is 250 g/mol. The summed E-state index contributed by atoms with van der Waals surface area (Å²) in [5.41, 5.74) is 0.998. The SMILES string of the molecule is [B]Cc1c#cc2c(ccc3c4ccccc4ccc23)c1. The van der Waals surface area contributed by atoms with Crippen molar-refractivity contribution in [3.05, 3.63) is 72.3 Å². The molecule has 4 rings (SSSR count). The summed E-state index contributed by atoms with van der Waals surface area (Å²) in [4.78, 5) is 0. The molecular weight excluding hydrogens is 239 g/mol. The summed E-state index contributed by atoms with van der Waals surface area (Å²) >= 11 is 0. The standard InChI is InChI=1S/C19H11B/c20-12-13-5-8-17-15(11-13)7-10-18-16-4-2-1-3-14(16)6-9-19(17)18/h1-4,6-7,9-11H,12H2. The van der Waals surface area contributed by atoms with Gasteiger partial charge in [-0.1, -0.05) is 67.0 Å². The molecule has 0 fully saturated rings. The average Bonchev–Trinajstić information content (AvgIpc) is 2.53. The zero-order chi connectivity index (χ0) is 13.5. The van der Waals surface area contributed by atoms with Crippen molar-refractivity contribution in [3.63, 3.8) is 0 Å². The smallest absolute Gasteiger partial charge is 0.0668 e. The summed E-state index contributed by atoms with van der Waals surface area (Å²) in [6, 6.07) is 25.7. The summed E-state index contributed by atoms with van der Waals surface area (Å²) in [6.07, 6.45) is 0.502. The molecule has 2 radical (unpaired) electrons. The van der Waals surface area contributed by atoms with Gasteiger partial charge in [-0.05, 0) is 38.6 Å². The molecule has 0 aliphatic heterocycles. The summed E-state index contributed by atoms with van der Waals surface area (Å²) in [6.45, 7) is 0. The quantitative estimate of drug-likeness (QED) is 0.346. The first kappa shape index (κ1) is 11.4. The van der Waals surface area contributed by atoms with Gasteiger partial charge in [0.2, 0.25) is 0 Å². The maximum absolute atomic E-state index is 5.68. The Morgan fingerprint density at radius 1 is 0.750 bits per heavy atom. The predicted molar refractivity (Wildman–Crippen MR) is 86.1 cm³/mol. The lowest BCUT2D eigenvalue weighted by Gasteiger charge is -2.06. The molecule has 0 unspecified atom stereocenters. The van der Waals surface area contributed by atoms with Crippen molar-refractivity contribution < 1.29 is 0 Å². The largest absolute Gasteiger partial charge is 0.0725 e. The Labute approximate surface area is 119 Å². The van der Waals surface area contributed by atoms with E-state index in [9.17, 15) is 0 Å². The molecule has 0 saturated carbocycles. The number of fused-ring (bicyclic) bond motifs is 5. The average molecular weight is 250 g/mol. The van der Waals surface area contributed by atoms with Gasteiger partial charge < -0.3 is 0 Å². The second-order valence-corrected chi connectivity index (χ2v) is 5.04. The molecule has 0 atom stereocenters. The van der Waals surface area contributed by atoms with E-state index in [2.05, 4.69) is 66.7 Å². The minimum atomic E-state index is 0.502. The Bertz CT molecular complexity index is 938. The van der Waals surface area contributed by atoms with Crippen LogP contribution in [0.5, 0.6) is 0 Å². The first-order valence-corrected chi connectivity index (χ1v) is 6.74. The molecule has 20 heavy (non-hydrogen) atoms. The Morgan fingerprint density at radius 2 is 1.55 bits per heavy atom. The van der Waals surface area contributed by atoms with Crippen LogP contribution in [0.4, 0.5) is 0 Å². The highest BCUT2D eigenvalue weighted by atomic mass is 14.1. The summed E-state index contributed by atoms with van der Waals surface area (Å²) in [5.74, 6) is 0. The zero-order valence-corrected chi connectivity index (χ0v) is 11.0. The van der Waals surface area contributed by atoms with E-state index >= 15 is 0 Å². The molecule has 0 amide bonds. The number of hydrogen-bond acceptors (Lipinski definition) is 0. The van der Waals surface area contributed by atoms with Crippen molar-refractivity contribution in [1.29, 1.82) is 0 Å². The molecule has 0 aliphatic carbocycles. The van der Waals surface area contributed by atoms with Gasteiger partial charge in [0.25, 0.3) is 0 Å². The molecule has 0 bridgehead atoms. The fourth-order valence-electron chi connectivity index (χ4n) is 2.84. The third-order valence-electron chi connectivity index (χ3n) is 3.86. The molecule has 90 valence electrons. The number of hydrogen-bond donors (Lipinski definition) is 0. The topological polar surface area (TPSA) is 0 Å². The van der Waals surface area contributed by atoms with Crippen LogP contribution in [0.25, 0.3) is 32.3 Å². The van der Waals surface area contributed by atoms with Crippen molar-refractivity contribution >= 4 is 40.2 Å². The van der Waals surface area contributed by atoms with Crippen molar-refractivity contribution in [3.8, 4) is 0 Å². The molecule has 0 heterocycles. The van der Waals surface area contributed by atoms with Gasteiger partial charge in [-0.25, -0.2) is 0 Å². The van der Waals surface area contributed by atoms with Crippen LogP contribution in [-0.4, -0.2) is 7.85 Å². The fourth-order valence-corrected chi connectivity index (χ4v) is 2.84. The van der Waals surface area contributed by atoms with E-state index in [1.54, 1.807) is 0 Å². The highest BCUT2D eigenvalue weighted by Gasteiger charge is 2.04. The zero-order valence-electron chi connectivity index (χ0n) is 11.0. The van der Waals surface area contributed by atoms with Crippen molar-refractivity contribution in [1.82, 2.24) is 0 Å². The van der Waals surface area contributed by atoms with Crippen LogP contribution in [0.2, 0.25) is 0 Å². The maximum atomic E-state index is 5.68. The third kappa shape index (κ3) is 1.59. The molecule has 0 aromatic heterocycles. The normalized spacial score (nSPS) is 11.0. The van der Waals surface area contributed by atoms with E-state index in [1.807, 2.05) is 0 Å². The summed E-state index contributed by atoms with van der Waals surface area (Å²) in [5, 5.41) is 7.32. The Morgan fingerprint density at radius 3 is 2.45 bits per heavy atom. The first-order chi connectivity index (χ1) is 9.86. The van der Waals surface area contributed by atoms with Gasteiger partial charge in [-0.2, -0.15) is 0 Å². The summed E-state index contributed by atoms with van der Waals surface area (Å²) < 4.78 is 0. The van der Waals surface area contributed by atoms with E-state index in [4.69, 9.17) is 7.85 Å². The van der Waals surface area contributed by atoms with Gasteiger partial charge in [-0.3, -0.25) is 0 Å². The lowest BCUT2D eigenvalue weighted by molar-refractivity contribution is 1.44. The van der Waals surface area contributed by atoms with E-state index in [1.165, 1.54) is 26.9 Å². The molecule has 4 aromatic rings. The fraction of sp³-hybridized carbons (Fsp3) is 0.0526. The first-order valence-electron chi connectivity index (χ1n) is 6.74. The Kier molecular flexibility index (Phi) is 2.44. The highest BCUT2D eigenvalue weighted by molar-refractivity contribution is 6.17. The van der Waals surface area contributed by atoms with Crippen molar-refractivity contribution in [2.75, 3.05) is 0 Å². The van der Waals surface area contributed by atoms with Crippen molar-refractivity contribution in [2.24, 2.45) is 0 Å². The van der Waals surface area contributed by atoms with Crippen LogP contribution in [0.15, 0.2) is 54.6 Å². The van der Waals surface area contributed by atoms with Crippen LogP contribution in [-0.2, 0) is 6.32 Å². The van der Waals surface area contributed by atoms with E-state index in [-0.39, 0.29) is 0 Å². The molecule has 0 saturated heterocycles. The Balaban J connectivity index is 2.17. The second kappa shape index (κ2) is 4.29. The van der Waals surface area contributed by atoms with Gasteiger partial charge in [0.05, 0.1) is 7.85 Å². The molecule has 0 spiro atoms. The minimum absolute atomic E-state index is 0.502. The molecule has 0 aliphatic rings. The molecule has 1 heteroatoms. The lowest BCUT2D eigenvalue weighted by atomic mass is 9.94. The summed E-state index contributed by atoms with van der Waals surface area (Å²) in [7, 11) is 5.68. The Hall–Kier alpha value is -2.46.